The van der Waals surface area contributed by atoms with E-state index in [-0.39, 0.29) is 34.8 Å². The summed E-state index contributed by atoms with van der Waals surface area (Å²) in [4.78, 5) is 29.4. The maximum Gasteiger partial charge on any atom is 0.306 e. The molecule has 0 bridgehead atoms. The van der Waals surface area contributed by atoms with Crippen molar-refractivity contribution in [1.82, 2.24) is 10.3 Å². The molecule has 1 atom stereocenters. The maximum absolute atomic E-state index is 13.6. The number of amides is 1. The van der Waals surface area contributed by atoms with Crippen molar-refractivity contribution in [2.45, 2.75) is 19.8 Å². The second-order valence-corrected chi connectivity index (χ2v) is 10.4. The highest BCUT2D eigenvalue weighted by atomic mass is 35.5. The van der Waals surface area contributed by atoms with Crippen LogP contribution in [0, 0.1) is 5.82 Å². The predicted octanol–water partition coefficient (Wildman–Crippen LogP) is 5.54. The molecule has 11 heteroatoms. The Labute approximate surface area is 232 Å². The Morgan fingerprint density at radius 2 is 1.90 bits per heavy atom. The van der Waals surface area contributed by atoms with E-state index in [1.807, 2.05) is 0 Å². The molecule has 39 heavy (non-hydrogen) atoms. The van der Waals surface area contributed by atoms with Crippen molar-refractivity contribution in [3.05, 3.63) is 70.6 Å². The van der Waals surface area contributed by atoms with E-state index in [9.17, 15) is 18.2 Å². The second kappa shape index (κ2) is 12.0. The van der Waals surface area contributed by atoms with Gasteiger partial charge in [0.2, 0.25) is 0 Å². The summed E-state index contributed by atoms with van der Waals surface area (Å²) >= 11 is 6.50. The summed E-state index contributed by atoms with van der Waals surface area (Å²) in [6.07, 6.45) is 2.06. The molecule has 204 valence electrons. The van der Waals surface area contributed by atoms with Gasteiger partial charge in [0.15, 0.2) is 0 Å². The number of rotatable bonds is 9. The smallest absolute Gasteiger partial charge is 0.306 e. The molecule has 0 spiro atoms. The standard InChI is InChI=1S/C28H27ClFN3O5S/c1-5-37-24(34)13-9-17-8-12-21(32-27(17)29)19-14-20-23(15-22(19)33(3)39(4)36)38-26(25(20)28(35)31-2)16-6-10-18(30)11-7-16/h6-8,10-12,14-15H,5,9,13H2,1-4H3,(H,31,35). The van der Waals surface area contributed by atoms with Crippen LogP contribution in [0.3, 0.4) is 0 Å². The Kier molecular flexibility index (Phi) is 8.66. The van der Waals surface area contributed by atoms with Gasteiger partial charge in [-0.15, -0.1) is 0 Å². The molecule has 1 unspecified atom stereocenters. The average Bonchev–Trinajstić information content (AvgIpc) is 3.29. The Bertz CT molecular complexity index is 1570. The summed E-state index contributed by atoms with van der Waals surface area (Å²) in [5, 5.41) is 3.35. The van der Waals surface area contributed by atoms with Crippen LogP contribution in [0.15, 0.2) is 52.9 Å². The van der Waals surface area contributed by atoms with Gasteiger partial charge < -0.3 is 14.5 Å². The molecule has 0 fully saturated rings. The Balaban J connectivity index is 1.89. The number of carbonyl (C=O) groups excluding carboxylic acids is 2. The summed E-state index contributed by atoms with van der Waals surface area (Å²) in [5.74, 6) is -0.856. The lowest BCUT2D eigenvalue weighted by atomic mass is 10.0. The largest absolute Gasteiger partial charge is 0.466 e. The molecule has 2 aromatic heterocycles. The zero-order chi connectivity index (χ0) is 28.3. The Morgan fingerprint density at radius 1 is 1.18 bits per heavy atom. The second-order valence-electron chi connectivity index (χ2n) is 8.63. The monoisotopic (exact) mass is 571 g/mol. The lowest BCUT2D eigenvalue weighted by molar-refractivity contribution is -0.143. The van der Waals surface area contributed by atoms with Crippen molar-refractivity contribution in [3.63, 3.8) is 0 Å². The average molecular weight is 572 g/mol. The summed E-state index contributed by atoms with van der Waals surface area (Å²) < 4.78 is 38.7. The number of furan rings is 1. The van der Waals surface area contributed by atoms with Gasteiger partial charge in [-0.25, -0.2) is 13.6 Å². The van der Waals surface area contributed by atoms with Crippen molar-refractivity contribution >= 4 is 51.1 Å². The highest BCUT2D eigenvalue weighted by molar-refractivity contribution is 7.85. The molecule has 0 aliphatic rings. The van der Waals surface area contributed by atoms with Crippen LogP contribution in [-0.2, 0) is 26.9 Å². The fraction of sp³-hybridized carbons (Fsp3) is 0.250. The van der Waals surface area contributed by atoms with E-state index < -0.39 is 16.8 Å². The number of benzene rings is 2. The minimum Gasteiger partial charge on any atom is -0.466 e. The molecule has 1 amide bonds. The van der Waals surface area contributed by atoms with Gasteiger partial charge in [-0.05, 0) is 55.3 Å². The number of halogens is 2. The van der Waals surface area contributed by atoms with Gasteiger partial charge in [0.25, 0.3) is 5.91 Å². The van der Waals surface area contributed by atoms with Gasteiger partial charge in [0.05, 0.1) is 23.6 Å². The minimum atomic E-state index is -1.40. The molecule has 4 rings (SSSR count). The van der Waals surface area contributed by atoms with E-state index in [1.54, 1.807) is 42.5 Å². The number of esters is 1. The Hall–Kier alpha value is -3.76. The van der Waals surface area contributed by atoms with Crippen molar-refractivity contribution in [2.24, 2.45) is 0 Å². The zero-order valence-electron chi connectivity index (χ0n) is 21.8. The number of ether oxygens (including phenoxy) is 1. The van der Waals surface area contributed by atoms with Crippen LogP contribution >= 0.6 is 11.6 Å². The van der Waals surface area contributed by atoms with E-state index in [4.69, 9.17) is 20.8 Å². The topological polar surface area (TPSA) is 102 Å². The first-order valence-electron chi connectivity index (χ1n) is 12.1. The van der Waals surface area contributed by atoms with Crippen molar-refractivity contribution in [2.75, 3.05) is 31.3 Å². The SMILES string of the molecule is CCOC(=O)CCc1ccc(-c2cc3c(C(=O)NC)c(-c4ccc(F)cc4)oc3cc2N(C)S(C)=O)nc1Cl. The number of hydrogen-bond donors (Lipinski definition) is 1. The lowest BCUT2D eigenvalue weighted by Gasteiger charge is -2.20. The first-order valence-corrected chi connectivity index (χ1v) is 14.0. The van der Waals surface area contributed by atoms with Crippen molar-refractivity contribution < 1.29 is 27.3 Å². The van der Waals surface area contributed by atoms with Crippen LogP contribution in [0.2, 0.25) is 5.15 Å². The van der Waals surface area contributed by atoms with Gasteiger partial charge in [0, 0.05) is 49.4 Å². The molecule has 4 aromatic rings. The van der Waals surface area contributed by atoms with Crippen LogP contribution in [0.25, 0.3) is 33.6 Å². The summed E-state index contributed by atoms with van der Waals surface area (Å²) in [5.41, 5.74) is 3.42. The number of aromatic nitrogens is 1. The highest BCUT2D eigenvalue weighted by Gasteiger charge is 2.25. The molecular formula is C28H27ClFN3O5S. The lowest BCUT2D eigenvalue weighted by Crippen LogP contribution is -2.20. The van der Waals surface area contributed by atoms with Crippen LogP contribution < -0.4 is 9.62 Å². The van der Waals surface area contributed by atoms with Gasteiger partial charge in [-0.3, -0.25) is 13.9 Å². The zero-order valence-corrected chi connectivity index (χ0v) is 23.4. The number of anilines is 1. The highest BCUT2D eigenvalue weighted by Crippen LogP contribution is 2.41. The molecule has 0 saturated heterocycles. The maximum atomic E-state index is 13.6. The molecule has 0 aliphatic heterocycles. The minimum absolute atomic E-state index is 0.167. The van der Waals surface area contributed by atoms with Gasteiger partial charge >= 0.3 is 5.97 Å². The number of hydrogen-bond acceptors (Lipinski definition) is 6. The number of fused-ring (bicyclic) bond motifs is 1. The van der Waals surface area contributed by atoms with Gasteiger partial charge in [-0.1, -0.05) is 17.7 Å². The third-order valence-corrected chi connectivity index (χ3v) is 7.49. The number of nitrogens with one attached hydrogen (secondary N) is 1. The van der Waals surface area contributed by atoms with E-state index in [2.05, 4.69) is 10.3 Å². The third kappa shape index (κ3) is 5.97. The summed E-state index contributed by atoms with van der Waals surface area (Å²) in [7, 11) is 1.78. The number of aryl methyl sites for hydroxylation is 1. The molecular weight excluding hydrogens is 545 g/mol. The molecule has 0 saturated carbocycles. The quantitative estimate of drug-likeness (QED) is 0.209. The first kappa shape index (κ1) is 28.3. The molecule has 1 N–H and O–H groups in total. The number of nitrogens with zero attached hydrogens (tertiary/aromatic N) is 2. The van der Waals surface area contributed by atoms with Crippen molar-refractivity contribution in [3.8, 4) is 22.6 Å². The third-order valence-electron chi connectivity index (χ3n) is 6.20. The summed E-state index contributed by atoms with van der Waals surface area (Å²) in [6, 6.07) is 12.6. The van der Waals surface area contributed by atoms with Crippen LogP contribution in [0.1, 0.15) is 29.3 Å². The fourth-order valence-electron chi connectivity index (χ4n) is 4.16. The normalized spacial score (nSPS) is 11.8. The molecule has 2 aromatic carbocycles. The summed E-state index contributed by atoms with van der Waals surface area (Å²) in [6.45, 7) is 2.05. The van der Waals surface area contributed by atoms with E-state index >= 15 is 0 Å². The van der Waals surface area contributed by atoms with Crippen LogP contribution in [-0.4, -0.2) is 48.0 Å². The van der Waals surface area contributed by atoms with E-state index in [0.717, 1.165) is 0 Å². The first-order chi connectivity index (χ1) is 18.6. The van der Waals surface area contributed by atoms with Crippen LogP contribution in [0.5, 0.6) is 0 Å². The number of carbonyl (C=O) groups is 2. The molecule has 0 aliphatic carbocycles. The Morgan fingerprint density at radius 3 is 2.51 bits per heavy atom. The van der Waals surface area contributed by atoms with E-state index in [1.165, 1.54) is 37.6 Å². The van der Waals surface area contributed by atoms with Crippen LogP contribution in [0.4, 0.5) is 10.1 Å². The number of pyridine rings is 1. The van der Waals surface area contributed by atoms with E-state index in [0.29, 0.717) is 52.1 Å². The van der Waals surface area contributed by atoms with Gasteiger partial charge in [-0.2, -0.15) is 0 Å². The molecule has 8 nitrogen and oxygen atoms in total. The predicted molar refractivity (Wildman–Crippen MR) is 151 cm³/mol. The fourth-order valence-corrected chi connectivity index (χ4v) is 4.84. The van der Waals surface area contributed by atoms with Gasteiger partial charge in [0.1, 0.15) is 33.3 Å². The molecule has 0 radical (unpaired) electrons. The van der Waals surface area contributed by atoms with Crippen molar-refractivity contribution in [1.29, 1.82) is 0 Å². The molecule has 2 heterocycles.